The van der Waals surface area contributed by atoms with Crippen molar-refractivity contribution in [2.24, 2.45) is 0 Å². The van der Waals surface area contributed by atoms with Crippen LogP contribution in [0.1, 0.15) is 24.1 Å². The van der Waals surface area contributed by atoms with Gasteiger partial charge in [-0.15, -0.1) is 0 Å². The van der Waals surface area contributed by atoms with E-state index in [1.165, 1.54) is 5.56 Å². The highest BCUT2D eigenvalue weighted by Gasteiger charge is 2.12. The zero-order valence-corrected chi connectivity index (χ0v) is 12.6. The van der Waals surface area contributed by atoms with E-state index in [1.54, 1.807) is 12.1 Å². The van der Waals surface area contributed by atoms with Crippen molar-refractivity contribution in [1.29, 1.82) is 0 Å². The average Bonchev–Trinajstić information content (AvgIpc) is 2.46. The Morgan fingerprint density at radius 1 is 1.25 bits per heavy atom. The van der Waals surface area contributed by atoms with Gasteiger partial charge in [-0.1, -0.05) is 36.4 Å². The summed E-state index contributed by atoms with van der Waals surface area (Å²) >= 11 is 3.19. The van der Waals surface area contributed by atoms with Gasteiger partial charge in [-0.25, -0.2) is 0 Å². The van der Waals surface area contributed by atoms with Gasteiger partial charge in [-0.2, -0.15) is 0 Å². The number of nitrogens with one attached hydrogen (secondary N) is 1. The fourth-order valence-electron chi connectivity index (χ4n) is 1.94. The van der Waals surface area contributed by atoms with Crippen LogP contribution in [-0.4, -0.2) is 4.92 Å². The predicted octanol–water partition coefficient (Wildman–Crippen LogP) is 4.21. The summed E-state index contributed by atoms with van der Waals surface area (Å²) < 4.78 is 0.502. The number of rotatable bonds is 5. The first kappa shape index (κ1) is 14.7. The van der Waals surface area contributed by atoms with Gasteiger partial charge in [0.1, 0.15) is 0 Å². The van der Waals surface area contributed by atoms with E-state index in [1.807, 2.05) is 24.3 Å². The maximum absolute atomic E-state index is 10.9. The topological polar surface area (TPSA) is 55.2 Å². The number of benzene rings is 2. The van der Waals surface area contributed by atoms with Crippen molar-refractivity contribution in [2.45, 2.75) is 19.5 Å². The fourth-order valence-corrected chi connectivity index (χ4v) is 2.33. The van der Waals surface area contributed by atoms with Crippen LogP contribution in [0.25, 0.3) is 0 Å². The van der Waals surface area contributed by atoms with Gasteiger partial charge >= 0.3 is 0 Å². The SMILES string of the molecule is CC(NCc1ccc(Br)c([N+](=O)[O-])c1)c1ccccc1. The third-order valence-electron chi connectivity index (χ3n) is 3.12. The first-order valence-corrected chi connectivity index (χ1v) is 7.08. The minimum atomic E-state index is -0.381. The van der Waals surface area contributed by atoms with E-state index in [4.69, 9.17) is 0 Å². The summed E-state index contributed by atoms with van der Waals surface area (Å²) in [4.78, 5) is 10.5. The van der Waals surface area contributed by atoms with Gasteiger partial charge in [-0.3, -0.25) is 10.1 Å². The van der Waals surface area contributed by atoms with Crippen LogP contribution in [0.15, 0.2) is 53.0 Å². The molecule has 0 fully saturated rings. The number of hydrogen-bond acceptors (Lipinski definition) is 3. The number of nitro benzene ring substituents is 1. The Balaban J connectivity index is 2.04. The highest BCUT2D eigenvalue weighted by atomic mass is 79.9. The fraction of sp³-hybridized carbons (Fsp3) is 0.200. The van der Waals surface area contributed by atoms with E-state index in [0.717, 1.165) is 5.56 Å². The first-order chi connectivity index (χ1) is 9.58. The van der Waals surface area contributed by atoms with E-state index in [9.17, 15) is 10.1 Å². The van der Waals surface area contributed by atoms with Crippen molar-refractivity contribution < 1.29 is 4.92 Å². The molecule has 0 saturated carbocycles. The lowest BCUT2D eigenvalue weighted by molar-refractivity contribution is -0.385. The zero-order chi connectivity index (χ0) is 14.5. The summed E-state index contributed by atoms with van der Waals surface area (Å²) in [5.74, 6) is 0. The highest BCUT2D eigenvalue weighted by Crippen LogP contribution is 2.25. The van der Waals surface area contributed by atoms with Gasteiger partial charge < -0.3 is 5.32 Å². The third-order valence-corrected chi connectivity index (χ3v) is 3.79. The molecule has 1 unspecified atom stereocenters. The van der Waals surface area contributed by atoms with Crippen LogP contribution in [0, 0.1) is 10.1 Å². The number of hydrogen-bond donors (Lipinski definition) is 1. The summed E-state index contributed by atoms with van der Waals surface area (Å²) in [5, 5.41) is 14.3. The Kier molecular flexibility index (Phi) is 4.87. The quantitative estimate of drug-likeness (QED) is 0.658. The Bertz CT molecular complexity index is 602. The van der Waals surface area contributed by atoms with Gasteiger partial charge in [0, 0.05) is 18.7 Å². The standard InChI is InChI=1S/C15H15BrN2O2/c1-11(13-5-3-2-4-6-13)17-10-12-7-8-14(16)15(9-12)18(19)20/h2-9,11,17H,10H2,1H3. The summed E-state index contributed by atoms with van der Waals surface area (Å²) in [6.07, 6.45) is 0. The van der Waals surface area contributed by atoms with Crippen molar-refractivity contribution in [3.05, 3.63) is 74.2 Å². The molecular formula is C15H15BrN2O2. The Hall–Kier alpha value is -1.72. The Labute approximate surface area is 126 Å². The van der Waals surface area contributed by atoms with E-state index in [-0.39, 0.29) is 16.7 Å². The van der Waals surface area contributed by atoms with Crippen LogP contribution in [0.3, 0.4) is 0 Å². The maximum atomic E-state index is 10.9. The largest absolute Gasteiger partial charge is 0.306 e. The summed E-state index contributed by atoms with van der Waals surface area (Å²) in [6, 6.07) is 15.5. The second-order valence-corrected chi connectivity index (χ2v) is 5.41. The molecule has 0 amide bonds. The lowest BCUT2D eigenvalue weighted by Crippen LogP contribution is -2.18. The Morgan fingerprint density at radius 2 is 1.95 bits per heavy atom. The maximum Gasteiger partial charge on any atom is 0.283 e. The van der Waals surface area contributed by atoms with Gasteiger partial charge in [-0.05, 0) is 40.0 Å². The second kappa shape index (κ2) is 6.63. The number of nitro groups is 1. The lowest BCUT2D eigenvalue weighted by atomic mass is 10.1. The molecule has 5 heteroatoms. The number of halogens is 1. The average molecular weight is 335 g/mol. The molecule has 2 aromatic carbocycles. The van der Waals surface area contributed by atoms with Gasteiger partial charge in [0.15, 0.2) is 0 Å². The zero-order valence-electron chi connectivity index (χ0n) is 11.0. The molecule has 0 radical (unpaired) electrons. The molecule has 20 heavy (non-hydrogen) atoms. The smallest absolute Gasteiger partial charge is 0.283 e. The molecule has 0 aliphatic heterocycles. The van der Waals surface area contributed by atoms with Crippen molar-refractivity contribution in [3.8, 4) is 0 Å². The molecule has 0 heterocycles. The highest BCUT2D eigenvalue weighted by molar-refractivity contribution is 9.10. The molecule has 2 rings (SSSR count). The summed E-state index contributed by atoms with van der Waals surface area (Å²) in [6.45, 7) is 2.66. The van der Waals surface area contributed by atoms with E-state index in [0.29, 0.717) is 11.0 Å². The van der Waals surface area contributed by atoms with Gasteiger partial charge in [0.25, 0.3) is 5.69 Å². The van der Waals surface area contributed by atoms with Gasteiger partial charge in [0.2, 0.25) is 0 Å². The van der Waals surface area contributed by atoms with Crippen LogP contribution < -0.4 is 5.32 Å². The Morgan fingerprint density at radius 3 is 2.60 bits per heavy atom. The molecule has 1 atom stereocenters. The van der Waals surface area contributed by atoms with Crippen molar-refractivity contribution in [1.82, 2.24) is 5.32 Å². The number of nitrogens with zero attached hydrogens (tertiary/aromatic N) is 1. The molecular weight excluding hydrogens is 320 g/mol. The third kappa shape index (κ3) is 3.65. The molecule has 104 valence electrons. The van der Waals surface area contributed by atoms with Crippen molar-refractivity contribution in [3.63, 3.8) is 0 Å². The minimum absolute atomic E-state index is 0.0941. The van der Waals surface area contributed by atoms with Crippen LogP contribution in [0.2, 0.25) is 0 Å². The van der Waals surface area contributed by atoms with Gasteiger partial charge in [0.05, 0.1) is 9.40 Å². The lowest BCUT2D eigenvalue weighted by Gasteiger charge is -2.14. The summed E-state index contributed by atoms with van der Waals surface area (Å²) in [5.41, 5.74) is 2.18. The molecule has 0 aliphatic carbocycles. The molecule has 0 aromatic heterocycles. The molecule has 4 nitrogen and oxygen atoms in total. The van der Waals surface area contributed by atoms with E-state index >= 15 is 0 Å². The normalized spacial score (nSPS) is 12.1. The van der Waals surface area contributed by atoms with Crippen LogP contribution in [-0.2, 0) is 6.54 Å². The van der Waals surface area contributed by atoms with Crippen molar-refractivity contribution >= 4 is 21.6 Å². The molecule has 0 bridgehead atoms. The predicted molar refractivity (Wildman–Crippen MR) is 82.5 cm³/mol. The van der Waals surface area contributed by atoms with Crippen LogP contribution in [0.4, 0.5) is 5.69 Å². The molecule has 0 saturated heterocycles. The summed E-state index contributed by atoms with van der Waals surface area (Å²) in [7, 11) is 0. The molecule has 0 aliphatic rings. The molecule has 1 N–H and O–H groups in total. The molecule has 0 spiro atoms. The second-order valence-electron chi connectivity index (χ2n) is 4.56. The first-order valence-electron chi connectivity index (χ1n) is 6.29. The monoisotopic (exact) mass is 334 g/mol. The van der Waals surface area contributed by atoms with E-state index in [2.05, 4.69) is 40.3 Å². The van der Waals surface area contributed by atoms with E-state index < -0.39 is 0 Å². The van der Waals surface area contributed by atoms with Crippen LogP contribution in [0.5, 0.6) is 0 Å². The van der Waals surface area contributed by atoms with Crippen molar-refractivity contribution in [2.75, 3.05) is 0 Å². The van der Waals surface area contributed by atoms with Crippen LogP contribution >= 0.6 is 15.9 Å². The minimum Gasteiger partial charge on any atom is -0.306 e. The molecule has 2 aromatic rings.